The van der Waals surface area contributed by atoms with Crippen molar-refractivity contribution in [1.82, 2.24) is 0 Å². The first-order valence-electron chi connectivity index (χ1n) is 9.34. The molecule has 7 rings (SSSR count). The van der Waals surface area contributed by atoms with Crippen LogP contribution in [-0.2, 0) is 0 Å². The Balaban J connectivity index is 2.05. The molecule has 0 atom stereocenters. The second-order valence-electron chi connectivity index (χ2n) is 7.60. The Morgan fingerprint density at radius 3 is 0.929 bits per heavy atom. The molecule has 0 saturated heterocycles. The van der Waals surface area contributed by atoms with Crippen molar-refractivity contribution in [2.75, 3.05) is 0 Å². The zero-order chi connectivity index (χ0) is 18.6. The first-order valence-corrected chi connectivity index (χ1v) is 10.9. The van der Waals surface area contributed by atoms with Gasteiger partial charge in [0.15, 0.2) is 0 Å². The molecule has 0 amide bonds. The van der Waals surface area contributed by atoms with Gasteiger partial charge in [0.05, 0.1) is 0 Å². The summed E-state index contributed by atoms with van der Waals surface area (Å²) >= 11 is 7.79. The molecule has 28 heavy (non-hydrogen) atoms. The molecule has 0 heterocycles. The summed E-state index contributed by atoms with van der Waals surface area (Å²) in [5.41, 5.74) is 2.58. The maximum atomic E-state index is 3.89. The monoisotopic (exact) mass is 482 g/mol. The Morgan fingerprint density at radius 2 is 0.571 bits per heavy atom. The number of rotatable bonds is 0. The van der Waals surface area contributed by atoms with E-state index in [9.17, 15) is 0 Å². The van der Waals surface area contributed by atoms with Crippen molar-refractivity contribution in [3.63, 3.8) is 0 Å². The smallest absolute Gasteiger partial charge is 0.0261 e. The fourth-order valence-corrected chi connectivity index (χ4v) is 6.18. The lowest BCUT2D eigenvalue weighted by Gasteiger charge is -2.14. The predicted octanol–water partition coefficient (Wildman–Crippen LogP) is 8.96. The van der Waals surface area contributed by atoms with Crippen molar-refractivity contribution < 1.29 is 0 Å². The third-order valence-corrected chi connectivity index (χ3v) is 7.58. The summed E-state index contributed by atoms with van der Waals surface area (Å²) < 4.78 is 2.28. The molecular formula is C26H12Br2. The van der Waals surface area contributed by atoms with Crippen LogP contribution in [0.15, 0.2) is 81.7 Å². The molecule has 0 radical (unpaired) electrons. The van der Waals surface area contributed by atoms with Gasteiger partial charge in [-0.3, -0.25) is 0 Å². The van der Waals surface area contributed by atoms with Crippen molar-refractivity contribution in [1.29, 1.82) is 0 Å². The van der Waals surface area contributed by atoms with E-state index in [1.165, 1.54) is 65.0 Å². The average Bonchev–Trinajstić information content (AvgIpc) is 2.87. The van der Waals surface area contributed by atoms with Crippen LogP contribution in [0.2, 0.25) is 0 Å². The highest BCUT2D eigenvalue weighted by Crippen LogP contribution is 2.51. The van der Waals surface area contributed by atoms with Crippen LogP contribution in [-0.4, -0.2) is 0 Å². The SMILES string of the molecule is Brc1ccc2ccc3ccc4ccc5ccc6ccc(Br)c7c6c5c4c3c2c1-7. The summed E-state index contributed by atoms with van der Waals surface area (Å²) in [4.78, 5) is 0. The van der Waals surface area contributed by atoms with E-state index < -0.39 is 0 Å². The summed E-state index contributed by atoms with van der Waals surface area (Å²) in [6, 6.07) is 26.9. The van der Waals surface area contributed by atoms with E-state index in [0.29, 0.717) is 0 Å². The lowest BCUT2D eigenvalue weighted by Crippen LogP contribution is -1.87. The second kappa shape index (κ2) is 5.14. The van der Waals surface area contributed by atoms with Crippen LogP contribution in [0.1, 0.15) is 0 Å². The van der Waals surface area contributed by atoms with E-state index in [1.54, 1.807) is 0 Å². The van der Waals surface area contributed by atoms with Gasteiger partial charge in [-0.25, -0.2) is 0 Å². The van der Waals surface area contributed by atoms with Gasteiger partial charge in [-0.15, -0.1) is 0 Å². The number of hydrogen-bond donors (Lipinski definition) is 0. The standard InChI is InChI=1S/C26H12Br2/c27-18-11-9-16-7-5-14-3-1-13-2-4-15-6-8-17-10-12-19(28)26-24(17)22(15)20(13)21(14)23(16)25(18)26/h1-12H. The molecule has 0 aliphatic heterocycles. The van der Waals surface area contributed by atoms with Crippen LogP contribution >= 0.6 is 31.9 Å². The Kier molecular flexibility index (Phi) is 2.84. The van der Waals surface area contributed by atoms with Gasteiger partial charge < -0.3 is 0 Å². The van der Waals surface area contributed by atoms with Crippen molar-refractivity contribution in [2.45, 2.75) is 0 Å². The van der Waals surface area contributed by atoms with Gasteiger partial charge >= 0.3 is 0 Å². The molecular weight excluding hydrogens is 472 g/mol. The molecule has 0 N–H and O–H groups in total. The molecule has 2 heteroatoms. The number of halogens is 2. The van der Waals surface area contributed by atoms with Crippen LogP contribution in [0.25, 0.3) is 65.0 Å². The molecule has 0 spiro atoms. The third kappa shape index (κ3) is 1.72. The van der Waals surface area contributed by atoms with Gasteiger partial charge in [0, 0.05) is 20.1 Å². The zero-order valence-corrected chi connectivity index (χ0v) is 17.9. The fourth-order valence-electron chi connectivity index (χ4n) is 5.12. The molecule has 0 aromatic heterocycles. The predicted molar refractivity (Wildman–Crippen MR) is 128 cm³/mol. The molecule has 0 bridgehead atoms. The molecule has 0 saturated carbocycles. The minimum atomic E-state index is 1.14. The summed E-state index contributed by atoms with van der Waals surface area (Å²) in [6.07, 6.45) is 0. The molecule has 1 aliphatic rings. The van der Waals surface area contributed by atoms with E-state index in [1.807, 2.05) is 0 Å². The van der Waals surface area contributed by atoms with Crippen LogP contribution in [0.4, 0.5) is 0 Å². The Bertz CT molecular complexity index is 1540. The van der Waals surface area contributed by atoms with E-state index in [0.717, 1.165) is 8.95 Å². The third-order valence-electron chi connectivity index (χ3n) is 6.26. The van der Waals surface area contributed by atoms with Crippen LogP contribution in [0, 0.1) is 0 Å². The Morgan fingerprint density at radius 1 is 0.321 bits per heavy atom. The average molecular weight is 484 g/mol. The quantitative estimate of drug-likeness (QED) is 0.189. The van der Waals surface area contributed by atoms with Crippen LogP contribution in [0.5, 0.6) is 0 Å². The topological polar surface area (TPSA) is 0 Å². The van der Waals surface area contributed by atoms with Gasteiger partial charge in [-0.05, 0) is 66.0 Å². The Hall–Kier alpha value is -2.42. The van der Waals surface area contributed by atoms with E-state index in [2.05, 4.69) is 105 Å². The molecule has 0 unspecified atom stereocenters. The summed E-state index contributed by atoms with van der Waals surface area (Å²) in [5, 5.41) is 13.3. The van der Waals surface area contributed by atoms with E-state index in [4.69, 9.17) is 0 Å². The van der Waals surface area contributed by atoms with Gasteiger partial charge in [0.25, 0.3) is 0 Å². The number of benzene rings is 6. The molecule has 6 aromatic rings. The first kappa shape index (κ1) is 15.5. The van der Waals surface area contributed by atoms with Crippen LogP contribution < -0.4 is 0 Å². The van der Waals surface area contributed by atoms with Gasteiger partial charge in [-0.1, -0.05) is 92.5 Å². The highest BCUT2D eigenvalue weighted by atomic mass is 79.9. The Labute approximate surface area is 178 Å². The van der Waals surface area contributed by atoms with Crippen molar-refractivity contribution >= 4 is 85.7 Å². The lowest BCUT2D eigenvalue weighted by molar-refractivity contribution is 1.65. The summed E-state index contributed by atoms with van der Waals surface area (Å²) in [7, 11) is 0. The molecule has 1 aliphatic carbocycles. The zero-order valence-electron chi connectivity index (χ0n) is 14.7. The molecule has 130 valence electrons. The van der Waals surface area contributed by atoms with Gasteiger partial charge in [0.1, 0.15) is 0 Å². The molecule has 6 aromatic carbocycles. The lowest BCUT2D eigenvalue weighted by atomic mass is 9.92. The van der Waals surface area contributed by atoms with Crippen molar-refractivity contribution in [2.24, 2.45) is 0 Å². The van der Waals surface area contributed by atoms with Gasteiger partial charge in [-0.2, -0.15) is 0 Å². The van der Waals surface area contributed by atoms with Crippen molar-refractivity contribution in [3.05, 3.63) is 81.7 Å². The van der Waals surface area contributed by atoms with E-state index >= 15 is 0 Å². The second-order valence-corrected chi connectivity index (χ2v) is 9.31. The summed E-state index contributed by atoms with van der Waals surface area (Å²) in [6.45, 7) is 0. The van der Waals surface area contributed by atoms with Crippen molar-refractivity contribution in [3.8, 4) is 11.1 Å². The van der Waals surface area contributed by atoms with E-state index in [-0.39, 0.29) is 0 Å². The maximum absolute atomic E-state index is 3.89. The minimum absolute atomic E-state index is 1.14. The highest BCUT2D eigenvalue weighted by molar-refractivity contribution is 9.11. The molecule has 0 fully saturated rings. The van der Waals surface area contributed by atoms with Crippen LogP contribution in [0.3, 0.4) is 0 Å². The normalized spacial score (nSPS) is 12.6. The minimum Gasteiger partial charge on any atom is -0.0537 e. The maximum Gasteiger partial charge on any atom is 0.0261 e. The first-order chi connectivity index (χ1) is 13.7. The number of fused-ring (bicyclic) bond motifs is 1. The summed E-state index contributed by atoms with van der Waals surface area (Å²) in [5.74, 6) is 0. The number of hydrogen-bond acceptors (Lipinski definition) is 0. The molecule has 0 nitrogen and oxygen atoms in total. The largest absolute Gasteiger partial charge is 0.0537 e. The van der Waals surface area contributed by atoms with Gasteiger partial charge in [0.2, 0.25) is 0 Å². The highest BCUT2D eigenvalue weighted by Gasteiger charge is 2.23. The fraction of sp³-hybridized carbons (Fsp3) is 0.